The number of nitrogens with two attached hydrogens (primary N) is 1. The van der Waals surface area contributed by atoms with Crippen LogP contribution in [0.1, 0.15) is 6.42 Å². The second-order valence-corrected chi connectivity index (χ2v) is 7.91. The molecule has 1 aliphatic rings. The van der Waals surface area contributed by atoms with Crippen molar-refractivity contribution in [3.8, 4) is 11.5 Å². The number of hydrogen-bond acceptors (Lipinski definition) is 6. The summed E-state index contributed by atoms with van der Waals surface area (Å²) >= 11 is 5.90. The van der Waals surface area contributed by atoms with Gasteiger partial charge in [-0.25, -0.2) is 4.79 Å². The maximum atomic E-state index is 11.9. The van der Waals surface area contributed by atoms with Gasteiger partial charge in [-0.15, -0.1) is 0 Å². The third-order valence-corrected chi connectivity index (χ3v) is 5.08. The van der Waals surface area contributed by atoms with Crippen molar-refractivity contribution in [3.05, 3.63) is 53.6 Å². The summed E-state index contributed by atoms with van der Waals surface area (Å²) in [5.41, 5.74) is 5.40. The number of β-amino-alcohol motifs (C(OH)–C–C–N with tert-alkyl or cyclic N) is 1. The Kier molecular flexibility index (Phi) is 8.55. The summed E-state index contributed by atoms with van der Waals surface area (Å²) in [6.07, 6.45) is 0.198. The zero-order valence-corrected chi connectivity index (χ0v) is 18.3. The lowest BCUT2D eigenvalue weighted by Crippen LogP contribution is -2.36. The third-order valence-electron chi connectivity index (χ3n) is 4.83. The summed E-state index contributed by atoms with van der Waals surface area (Å²) in [5.74, 6) is 0.753. The van der Waals surface area contributed by atoms with Crippen molar-refractivity contribution < 1.29 is 24.2 Å². The van der Waals surface area contributed by atoms with Crippen molar-refractivity contribution in [2.45, 2.75) is 18.6 Å². The van der Waals surface area contributed by atoms with E-state index in [1.54, 1.807) is 36.4 Å². The highest BCUT2D eigenvalue weighted by Gasteiger charge is 2.26. The van der Waals surface area contributed by atoms with Crippen LogP contribution in [-0.4, -0.2) is 66.9 Å². The SMILES string of the molecule is NC(=O)NCC(=O)Nc1ccccc1OCC(O)CN1CCC(Oc2ccc(Cl)cc2)C1. The zero-order valence-electron chi connectivity index (χ0n) is 17.5. The number of benzene rings is 2. The van der Waals surface area contributed by atoms with E-state index in [-0.39, 0.29) is 19.3 Å². The van der Waals surface area contributed by atoms with Gasteiger partial charge in [-0.05, 0) is 42.8 Å². The molecule has 1 fully saturated rings. The van der Waals surface area contributed by atoms with Crippen LogP contribution in [0.25, 0.3) is 0 Å². The highest BCUT2D eigenvalue weighted by molar-refractivity contribution is 6.30. The zero-order chi connectivity index (χ0) is 22.9. The van der Waals surface area contributed by atoms with Crippen molar-refractivity contribution in [1.82, 2.24) is 10.2 Å². The molecule has 1 aliphatic heterocycles. The quantitative estimate of drug-likeness (QED) is 0.427. The van der Waals surface area contributed by atoms with E-state index in [4.69, 9.17) is 26.8 Å². The maximum Gasteiger partial charge on any atom is 0.312 e. The number of carbonyl (C=O) groups excluding carboxylic acids is 2. The van der Waals surface area contributed by atoms with E-state index in [0.717, 1.165) is 18.7 Å². The van der Waals surface area contributed by atoms with Crippen LogP contribution in [-0.2, 0) is 4.79 Å². The van der Waals surface area contributed by atoms with Gasteiger partial charge in [0.15, 0.2) is 0 Å². The van der Waals surface area contributed by atoms with Crippen molar-refractivity contribution in [3.63, 3.8) is 0 Å². The maximum absolute atomic E-state index is 11.9. The Morgan fingerprint density at radius 1 is 1.22 bits per heavy atom. The number of halogens is 1. The first-order chi connectivity index (χ1) is 15.4. The summed E-state index contributed by atoms with van der Waals surface area (Å²) in [6.45, 7) is 1.78. The fraction of sp³-hybridized carbons (Fsp3) is 0.364. The van der Waals surface area contributed by atoms with E-state index in [1.807, 2.05) is 12.1 Å². The van der Waals surface area contributed by atoms with E-state index in [1.165, 1.54) is 0 Å². The number of nitrogens with zero attached hydrogens (tertiary/aromatic N) is 1. The van der Waals surface area contributed by atoms with Gasteiger partial charge in [-0.1, -0.05) is 23.7 Å². The molecule has 2 atom stereocenters. The molecule has 0 bridgehead atoms. The van der Waals surface area contributed by atoms with E-state index >= 15 is 0 Å². The van der Waals surface area contributed by atoms with Gasteiger partial charge in [-0.2, -0.15) is 0 Å². The number of primary amides is 1. The summed E-state index contributed by atoms with van der Waals surface area (Å²) in [4.78, 5) is 24.8. The van der Waals surface area contributed by atoms with Gasteiger partial charge in [0.25, 0.3) is 0 Å². The minimum atomic E-state index is -0.782. The highest BCUT2D eigenvalue weighted by atomic mass is 35.5. The number of aliphatic hydroxyl groups is 1. The van der Waals surface area contributed by atoms with Crippen molar-refractivity contribution >= 4 is 29.2 Å². The first kappa shape index (κ1) is 23.6. The van der Waals surface area contributed by atoms with Crippen LogP contribution >= 0.6 is 11.6 Å². The number of nitrogens with one attached hydrogen (secondary N) is 2. The standard InChI is InChI=1S/C22H27ClN4O5/c23-15-5-7-17(8-6-15)32-18-9-10-27(13-18)12-16(28)14-31-20-4-2-1-3-19(20)26-21(29)11-25-22(24)30/h1-8,16,18,28H,9-14H2,(H,26,29)(H3,24,25,30). The molecular formula is C22H27ClN4O5. The summed E-state index contributed by atoms with van der Waals surface area (Å²) < 4.78 is 11.7. The summed E-state index contributed by atoms with van der Waals surface area (Å²) in [7, 11) is 0. The Morgan fingerprint density at radius 2 is 1.97 bits per heavy atom. The lowest BCUT2D eigenvalue weighted by Gasteiger charge is -2.21. The predicted molar refractivity (Wildman–Crippen MR) is 121 cm³/mol. The molecule has 0 spiro atoms. The number of carbonyl (C=O) groups is 2. The molecule has 0 saturated carbocycles. The van der Waals surface area contributed by atoms with Crippen LogP contribution in [0.3, 0.4) is 0 Å². The van der Waals surface area contributed by atoms with Crippen LogP contribution in [0.5, 0.6) is 11.5 Å². The van der Waals surface area contributed by atoms with Crippen LogP contribution in [0.15, 0.2) is 48.5 Å². The van der Waals surface area contributed by atoms with Gasteiger partial charge in [0.2, 0.25) is 5.91 Å². The number of amides is 3. The molecule has 0 radical (unpaired) electrons. The van der Waals surface area contributed by atoms with Gasteiger partial charge in [0.05, 0.1) is 12.2 Å². The first-order valence-electron chi connectivity index (χ1n) is 10.3. The number of hydrogen-bond donors (Lipinski definition) is 4. The molecule has 32 heavy (non-hydrogen) atoms. The van der Waals surface area contributed by atoms with Gasteiger partial charge >= 0.3 is 6.03 Å². The van der Waals surface area contributed by atoms with Gasteiger partial charge in [0, 0.05) is 24.7 Å². The Bertz CT molecular complexity index is 911. The topological polar surface area (TPSA) is 126 Å². The molecular weight excluding hydrogens is 436 g/mol. The number of para-hydroxylation sites is 2. The summed E-state index contributed by atoms with van der Waals surface area (Å²) in [6, 6.07) is 13.3. The van der Waals surface area contributed by atoms with E-state index in [0.29, 0.717) is 29.5 Å². The number of aliphatic hydroxyl groups excluding tert-OH is 1. The molecule has 2 aromatic carbocycles. The molecule has 172 valence electrons. The molecule has 3 rings (SSSR count). The Morgan fingerprint density at radius 3 is 2.72 bits per heavy atom. The van der Waals surface area contributed by atoms with Crippen LogP contribution < -0.4 is 25.8 Å². The van der Waals surface area contributed by atoms with E-state index in [2.05, 4.69) is 15.5 Å². The first-order valence-corrected chi connectivity index (χ1v) is 10.6. The molecule has 1 heterocycles. The lowest BCUT2D eigenvalue weighted by atomic mass is 10.3. The van der Waals surface area contributed by atoms with Crippen LogP contribution in [0, 0.1) is 0 Å². The predicted octanol–water partition coefficient (Wildman–Crippen LogP) is 1.84. The number of ether oxygens (including phenoxy) is 2. The molecule has 2 unspecified atom stereocenters. The Balaban J connectivity index is 1.43. The molecule has 5 N–H and O–H groups in total. The normalized spacial score (nSPS) is 16.9. The van der Waals surface area contributed by atoms with E-state index in [9.17, 15) is 14.7 Å². The van der Waals surface area contributed by atoms with Crippen LogP contribution in [0.4, 0.5) is 10.5 Å². The van der Waals surface area contributed by atoms with Gasteiger partial charge < -0.3 is 30.9 Å². The fourth-order valence-electron chi connectivity index (χ4n) is 3.36. The smallest absolute Gasteiger partial charge is 0.312 e. The van der Waals surface area contributed by atoms with E-state index < -0.39 is 18.0 Å². The second kappa shape index (κ2) is 11.6. The fourth-order valence-corrected chi connectivity index (χ4v) is 3.49. The largest absolute Gasteiger partial charge is 0.489 e. The van der Waals surface area contributed by atoms with Crippen molar-refractivity contribution in [2.24, 2.45) is 5.73 Å². The number of likely N-dealkylation sites (tertiary alicyclic amines) is 1. The monoisotopic (exact) mass is 462 g/mol. The average Bonchev–Trinajstić information content (AvgIpc) is 3.20. The molecule has 0 aromatic heterocycles. The van der Waals surface area contributed by atoms with Gasteiger partial charge in [-0.3, -0.25) is 9.69 Å². The number of anilines is 1. The van der Waals surface area contributed by atoms with Crippen molar-refractivity contribution in [1.29, 1.82) is 0 Å². The minimum Gasteiger partial charge on any atom is -0.489 e. The Labute approximate surface area is 191 Å². The van der Waals surface area contributed by atoms with Crippen LogP contribution in [0.2, 0.25) is 5.02 Å². The third kappa shape index (κ3) is 7.60. The minimum absolute atomic E-state index is 0.0502. The number of rotatable bonds is 10. The lowest BCUT2D eigenvalue weighted by molar-refractivity contribution is -0.115. The molecule has 9 nitrogen and oxygen atoms in total. The molecule has 0 aliphatic carbocycles. The Hall–Kier alpha value is -3.01. The summed E-state index contributed by atoms with van der Waals surface area (Å²) in [5, 5.41) is 16.0. The molecule has 2 aromatic rings. The second-order valence-electron chi connectivity index (χ2n) is 7.47. The number of urea groups is 1. The molecule has 1 saturated heterocycles. The average molecular weight is 463 g/mol. The molecule has 3 amide bonds. The van der Waals surface area contributed by atoms with Gasteiger partial charge in [0.1, 0.15) is 30.3 Å². The highest BCUT2D eigenvalue weighted by Crippen LogP contribution is 2.24. The van der Waals surface area contributed by atoms with Crippen molar-refractivity contribution in [2.75, 3.05) is 38.1 Å². The molecule has 10 heteroatoms.